The summed E-state index contributed by atoms with van der Waals surface area (Å²) >= 11 is 0. The summed E-state index contributed by atoms with van der Waals surface area (Å²) in [5.41, 5.74) is 3.49. The number of hydrogen-bond acceptors (Lipinski definition) is 1. The maximum atomic E-state index is 3.59. The Hall–Kier alpha value is -0.820. The van der Waals surface area contributed by atoms with Crippen LogP contribution in [0.5, 0.6) is 0 Å². The van der Waals surface area contributed by atoms with Crippen molar-refractivity contribution < 1.29 is 0 Å². The van der Waals surface area contributed by atoms with Gasteiger partial charge in [-0.2, -0.15) is 0 Å². The lowest BCUT2D eigenvalue weighted by Crippen LogP contribution is -2.23. The number of rotatable bonds is 6. The number of aryl methyl sites for hydroxylation is 1. The SMILES string of the molecule is CCc1ccc(CNCC2(CC)CC2)cc1. The Kier molecular flexibility index (Phi) is 3.65. The highest BCUT2D eigenvalue weighted by Crippen LogP contribution is 2.47. The van der Waals surface area contributed by atoms with Gasteiger partial charge >= 0.3 is 0 Å². The summed E-state index contributed by atoms with van der Waals surface area (Å²) in [5.74, 6) is 0. The van der Waals surface area contributed by atoms with Crippen LogP contribution in [0.25, 0.3) is 0 Å². The van der Waals surface area contributed by atoms with E-state index >= 15 is 0 Å². The van der Waals surface area contributed by atoms with Crippen LogP contribution < -0.4 is 5.32 Å². The zero-order valence-corrected chi connectivity index (χ0v) is 10.6. The van der Waals surface area contributed by atoms with E-state index in [1.807, 2.05) is 0 Å². The lowest BCUT2D eigenvalue weighted by Gasteiger charge is -2.13. The van der Waals surface area contributed by atoms with E-state index in [2.05, 4.69) is 43.4 Å². The quantitative estimate of drug-likeness (QED) is 0.768. The van der Waals surface area contributed by atoms with Gasteiger partial charge in [0.2, 0.25) is 0 Å². The first-order valence-corrected chi connectivity index (χ1v) is 6.56. The van der Waals surface area contributed by atoms with Crippen molar-refractivity contribution in [2.45, 2.75) is 46.1 Å². The molecule has 0 heterocycles. The molecular weight excluding hydrogens is 194 g/mol. The van der Waals surface area contributed by atoms with Gasteiger partial charge in [-0.05, 0) is 42.2 Å². The van der Waals surface area contributed by atoms with Crippen LogP contribution >= 0.6 is 0 Å². The summed E-state index contributed by atoms with van der Waals surface area (Å²) in [5, 5.41) is 3.59. The Morgan fingerprint density at radius 1 is 1.06 bits per heavy atom. The van der Waals surface area contributed by atoms with Crippen molar-refractivity contribution in [1.29, 1.82) is 0 Å². The summed E-state index contributed by atoms with van der Waals surface area (Å²) < 4.78 is 0. The molecule has 0 amide bonds. The molecule has 0 aliphatic heterocycles. The summed E-state index contributed by atoms with van der Waals surface area (Å²) in [6, 6.07) is 8.97. The monoisotopic (exact) mass is 217 g/mol. The third-order valence-corrected chi connectivity index (χ3v) is 3.97. The summed E-state index contributed by atoms with van der Waals surface area (Å²) in [7, 11) is 0. The molecule has 1 saturated carbocycles. The second kappa shape index (κ2) is 5.01. The number of nitrogens with one attached hydrogen (secondary N) is 1. The lowest BCUT2D eigenvalue weighted by atomic mass is 10.0. The van der Waals surface area contributed by atoms with Crippen LogP contribution in [0, 0.1) is 5.41 Å². The molecule has 0 spiro atoms. The van der Waals surface area contributed by atoms with Crippen molar-refractivity contribution in [3.63, 3.8) is 0 Å². The zero-order valence-electron chi connectivity index (χ0n) is 10.6. The Morgan fingerprint density at radius 2 is 1.69 bits per heavy atom. The van der Waals surface area contributed by atoms with Crippen molar-refractivity contribution in [1.82, 2.24) is 5.32 Å². The first-order valence-electron chi connectivity index (χ1n) is 6.56. The molecule has 1 aliphatic carbocycles. The first kappa shape index (κ1) is 11.7. The van der Waals surface area contributed by atoms with Crippen molar-refractivity contribution >= 4 is 0 Å². The molecular formula is C15H23N. The van der Waals surface area contributed by atoms with Gasteiger partial charge in [0.15, 0.2) is 0 Å². The van der Waals surface area contributed by atoms with Gasteiger partial charge in [0, 0.05) is 13.1 Å². The van der Waals surface area contributed by atoms with Gasteiger partial charge in [-0.1, -0.05) is 38.1 Å². The molecule has 0 radical (unpaired) electrons. The van der Waals surface area contributed by atoms with Gasteiger partial charge in [0.25, 0.3) is 0 Å². The van der Waals surface area contributed by atoms with Crippen LogP contribution in [-0.2, 0) is 13.0 Å². The maximum absolute atomic E-state index is 3.59. The average molecular weight is 217 g/mol. The van der Waals surface area contributed by atoms with Crippen LogP contribution in [-0.4, -0.2) is 6.54 Å². The molecule has 88 valence electrons. The van der Waals surface area contributed by atoms with Gasteiger partial charge in [-0.25, -0.2) is 0 Å². The fraction of sp³-hybridized carbons (Fsp3) is 0.600. The average Bonchev–Trinajstić information content (AvgIpc) is 3.11. The molecule has 1 heteroatoms. The molecule has 0 aromatic heterocycles. The lowest BCUT2D eigenvalue weighted by molar-refractivity contribution is 0.443. The number of benzene rings is 1. The van der Waals surface area contributed by atoms with Crippen molar-refractivity contribution in [3.05, 3.63) is 35.4 Å². The van der Waals surface area contributed by atoms with Crippen molar-refractivity contribution in [3.8, 4) is 0 Å². The summed E-state index contributed by atoms with van der Waals surface area (Å²) in [4.78, 5) is 0. The van der Waals surface area contributed by atoms with Gasteiger partial charge in [-0.15, -0.1) is 0 Å². The Balaban J connectivity index is 1.76. The van der Waals surface area contributed by atoms with Crippen molar-refractivity contribution in [2.24, 2.45) is 5.41 Å². The van der Waals surface area contributed by atoms with E-state index in [9.17, 15) is 0 Å². The predicted octanol–water partition coefficient (Wildman–Crippen LogP) is 3.53. The molecule has 2 rings (SSSR count). The second-order valence-electron chi connectivity index (χ2n) is 5.13. The summed E-state index contributed by atoms with van der Waals surface area (Å²) in [6.45, 7) is 6.72. The molecule has 1 aromatic carbocycles. The minimum atomic E-state index is 0.656. The van der Waals surface area contributed by atoms with Crippen molar-refractivity contribution in [2.75, 3.05) is 6.54 Å². The molecule has 1 nitrogen and oxygen atoms in total. The highest BCUT2D eigenvalue weighted by Gasteiger charge is 2.39. The van der Waals surface area contributed by atoms with Gasteiger partial charge in [0.05, 0.1) is 0 Å². The third-order valence-electron chi connectivity index (χ3n) is 3.97. The van der Waals surface area contributed by atoms with Gasteiger partial charge < -0.3 is 5.32 Å². The van der Waals surface area contributed by atoms with Crippen LogP contribution in [0.1, 0.15) is 44.2 Å². The highest BCUT2D eigenvalue weighted by atomic mass is 14.9. The molecule has 0 unspecified atom stereocenters. The fourth-order valence-corrected chi connectivity index (χ4v) is 2.20. The molecule has 0 atom stereocenters. The third kappa shape index (κ3) is 2.85. The van der Waals surface area contributed by atoms with Gasteiger partial charge in [0.1, 0.15) is 0 Å². The Bertz CT molecular complexity index is 322. The first-order chi connectivity index (χ1) is 7.78. The smallest absolute Gasteiger partial charge is 0.0205 e. The van der Waals surface area contributed by atoms with Crippen LogP contribution in [0.2, 0.25) is 0 Å². The number of hydrogen-bond donors (Lipinski definition) is 1. The molecule has 16 heavy (non-hydrogen) atoms. The van der Waals surface area contributed by atoms with E-state index in [0.29, 0.717) is 5.41 Å². The standard InChI is InChI=1S/C15H23N/c1-3-13-5-7-14(8-6-13)11-16-12-15(4-2)9-10-15/h5-8,16H,3-4,9-12H2,1-2H3. The largest absolute Gasteiger partial charge is 0.312 e. The fourth-order valence-electron chi connectivity index (χ4n) is 2.20. The van der Waals surface area contributed by atoms with Crippen LogP contribution in [0.3, 0.4) is 0 Å². The maximum Gasteiger partial charge on any atom is 0.0205 e. The van der Waals surface area contributed by atoms with E-state index in [1.165, 1.54) is 36.9 Å². The van der Waals surface area contributed by atoms with E-state index in [0.717, 1.165) is 13.0 Å². The molecule has 0 saturated heterocycles. The molecule has 1 aliphatic rings. The minimum absolute atomic E-state index is 0.656. The molecule has 1 aromatic rings. The van der Waals surface area contributed by atoms with E-state index in [4.69, 9.17) is 0 Å². The zero-order chi connectivity index (χ0) is 11.4. The van der Waals surface area contributed by atoms with Gasteiger partial charge in [-0.3, -0.25) is 0 Å². The van der Waals surface area contributed by atoms with E-state index in [-0.39, 0.29) is 0 Å². The topological polar surface area (TPSA) is 12.0 Å². The molecule has 0 bridgehead atoms. The van der Waals surface area contributed by atoms with Crippen LogP contribution in [0.15, 0.2) is 24.3 Å². The Labute approximate surface area is 99.3 Å². The van der Waals surface area contributed by atoms with E-state index < -0.39 is 0 Å². The highest BCUT2D eigenvalue weighted by molar-refractivity contribution is 5.22. The molecule has 1 N–H and O–H groups in total. The second-order valence-corrected chi connectivity index (χ2v) is 5.13. The molecule has 1 fully saturated rings. The predicted molar refractivity (Wildman–Crippen MR) is 69.5 cm³/mol. The Morgan fingerprint density at radius 3 is 2.19 bits per heavy atom. The minimum Gasteiger partial charge on any atom is -0.312 e. The normalized spacial score (nSPS) is 17.4. The van der Waals surface area contributed by atoms with Crippen LogP contribution in [0.4, 0.5) is 0 Å². The summed E-state index contributed by atoms with van der Waals surface area (Å²) in [6.07, 6.45) is 5.30. The van der Waals surface area contributed by atoms with E-state index in [1.54, 1.807) is 0 Å².